The Hall–Kier alpha value is -3.84. The topological polar surface area (TPSA) is 201 Å². The van der Waals surface area contributed by atoms with Crippen LogP contribution < -0.4 is 4.90 Å². The van der Waals surface area contributed by atoms with Crippen molar-refractivity contribution in [3.8, 4) is 12.3 Å². The second-order valence-corrected chi connectivity index (χ2v) is 10.5. The van der Waals surface area contributed by atoms with Crippen LogP contribution in [0.15, 0.2) is 36.7 Å². The molecule has 0 saturated carbocycles. The number of fused-ring (bicyclic) bond motifs is 1. The molecule has 5 N–H and O–H groups in total. The fraction of sp³-hybridized carbons (Fsp3) is 0.444. The SMILES string of the molecule is C#C[C@@]1(O)[C@@H](COC(Cc2ccccc2)(C(=O)O)C(=O)O)O[C@@H](n2cnc3c(N4CCC[C@H]4CO)nc(Cl)nc32)[C@@H]1O. The van der Waals surface area contributed by atoms with E-state index in [2.05, 4.69) is 20.9 Å². The van der Waals surface area contributed by atoms with E-state index in [1.165, 1.54) is 10.9 Å². The molecule has 1 aromatic carbocycles. The number of aromatic nitrogens is 4. The van der Waals surface area contributed by atoms with E-state index in [0.717, 1.165) is 12.8 Å². The molecule has 2 aliphatic heterocycles. The van der Waals surface area contributed by atoms with Gasteiger partial charge in [0.15, 0.2) is 28.8 Å². The average Bonchev–Trinajstić information content (AvgIpc) is 3.68. The van der Waals surface area contributed by atoms with Gasteiger partial charge in [-0.25, -0.2) is 14.6 Å². The number of carboxylic acids is 2. The summed E-state index contributed by atoms with van der Waals surface area (Å²) < 4.78 is 12.7. The number of ether oxygens (including phenoxy) is 2. The van der Waals surface area contributed by atoms with Crippen LogP contribution in [-0.4, -0.2) is 106 Å². The van der Waals surface area contributed by atoms with Gasteiger partial charge in [-0.2, -0.15) is 9.97 Å². The molecule has 4 heterocycles. The summed E-state index contributed by atoms with van der Waals surface area (Å²) in [6.45, 7) is -0.319. The maximum absolute atomic E-state index is 12.2. The minimum Gasteiger partial charge on any atom is -0.479 e. The predicted octanol–water partition coefficient (Wildman–Crippen LogP) is 0.231. The van der Waals surface area contributed by atoms with E-state index in [9.17, 15) is 35.1 Å². The monoisotopic (exact) mass is 601 g/mol. The normalized spacial score (nSPS) is 26.0. The second kappa shape index (κ2) is 11.4. The largest absolute Gasteiger partial charge is 0.479 e. The van der Waals surface area contributed by atoms with Crippen LogP contribution in [0.25, 0.3) is 11.2 Å². The van der Waals surface area contributed by atoms with Crippen molar-refractivity contribution in [2.24, 2.45) is 0 Å². The Kier molecular flexibility index (Phi) is 8.08. The zero-order valence-electron chi connectivity index (χ0n) is 22.1. The van der Waals surface area contributed by atoms with E-state index in [-0.39, 0.29) is 29.1 Å². The standard InChI is InChI=1S/C27H28ClN5O9/c1-2-26(40)17(13-41-27(23(36)37,24(38)39)11-15-7-4-3-5-8-15)42-22(19(26)35)33-14-29-18-20(30-25(28)31-21(18)33)32-10-6-9-16(32)12-34/h1,3-5,7-8,14,16-17,19,22,34-35,40H,6,9-13H2,(H,36,37)(H,38,39)/t16-,17+,19-,22+,26+/m0/s1. The lowest BCUT2D eigenvalue weighted by Gasteiger charge is -2.30. The molecule has 2 saturated heterocycles. The van der Waals surface area contributed by atoms with E-state index in [0.29, 0.717) is 17.9 Å². The molecule has 0 aliphatic carbocycles. The number of aliphatic hydroxyl groups excluding tert-OH is 2. The molecule has 0 unspecified atom stereocenters. The maximum Gasteiger partial charge on any atom is 0.348 e. The number of hydrogen-bond acceptors (Lipinski definition) is 11. The van der Waals surface area contributed by atoms with Crippen LogP contribution in [-0.2, 0) is 25.5 Å². The van der Waals surface area contributed by atoms with Gasteiger partial charge in [0.05, 0.1) is 25.6 Å². The van der Waals surface area contributed by atoms with Gasteiger partial charge in [-0.3, -0.25) is 4.57 Å². The summed E-state index contributed by atoms with van der Waals surface area (Å²) in [7, 11) is 0. The number of carbonyl (C=O) groups is 2. The Balaban J connectivity index is 1.46. The zero-order chi connectivity index (χ0) is 30.2. The van der Waals surface area contributed by atoms with Crippen LogP contribution in [0.1, 0.15) is 24.6 Å². The zero-order valence-corrected chi connectivity index (χ0v) is 22.8. The number of terminal acetylenes is 1. The van der Waals surface area contributed by atoms with Crippen LogP contribution >= 0.6 is 11.6 Å². The second-order valence-electron chi connectivity index (χ2n) is 10.2. The van der Waals surface area contributed by atoms with Crippen molar-refractivity contribution in [2.45, 2.75) is 54.9 Å². The average molecular weight is 602 g/mol. The van der Waals surface area contributed by atoms with Crippen LogP contribution in [0.2, 0.25) is 5.28 Å². The summed E-state index contributed by atoms with van der Waals surface area (Å²) in [6, 6.07) is 7.81. The number of imidazole rings is 1. The number of nitrogens with zero attached hydrogens (tertiary/aromatic N) is 5. The van der Waals surface area contributed by atoms with Gasteiger partial charge in [-0.1, -0.05) is 36.3 Å². The molecule has 2 aliphatic rings. The Bertz CT molecular complexity index is 1520. The summed E-state index contributed by atoms with van der Waals surface area (Å²) in [5.74, 6) is -1.10. The van der Waals surface area contributed by atoms with Crippen LogP contribution in [0, 0.1) is 12.3 Å². The molecule has 0 amide bonds. The highest BCUT2D eigenvalue weighted by atomic mass is 35.5. The molecular weight excluding hydrogens is 574 g/mol. The van der Waals surface area contributed by atoms with Crippen LogP contribution in [0.3, 0.4) is 0 Å². The molecule has 0 bridgehead atoms. The first-order valence-corrected chi connectivity index (χ1v) is 13.4. The summed E-state index contributed by atoms with van der Waals surface area (Å²) in [6.07, 6.45) is 3.10. The number of aliphatic hydroxyl groups is 3. The molecule has 42 heavy (non-hydrogen) atoms. The molecule has 14 nitrogen and oxygen atoms in total. The number of benzene rings is 1. The van der Waals surface area contributed by atoms with Crippen molar-refractivity contribution in [2.75, 3.05) is 24.7 Å². The molecule has 2 fully saturated rings. The lowest BCUT2D eigenvalue weighted by atomic mass is 9.92. The molecule has 0 spiro atoms. The first-order valence-electron chi connectivity index (χ1n) is 13.0. The summed E-state index contributed by atoms with van der Waals surface area (Å²) >= 11 is 6.23. The Morgan fingerprint density at radius 1 is 1.24 bits per heavy atom. The smallest absolute Gasteiger partial charge is 0.348 e. The molecule has 3 aromatic rings. The third-order valence-electron chi connectivity index (χ3n) is 7.72. The number of anilines is 1. The maximum atomic E-state index is 12.2. The molecule has 5 rings (SSSR count). The number of carboxylic acid groups (broad SMARTS) is 2. The van der Waals surface area contributed by atoms with Gasteiger partial charge < -0.3 is 39.9 Å². The van der Waals surface area contributed by atoms with Gasteiger partial charge in [-0.05, 0) is 30.0 Å². The Morgan fingerprint density at radius 2 is 1.95 bits per heavy atom. The molecule has 0 radical (unpaired) electrons. The van der Waals surface area contributed by atoms with Crippen LogP contribution in [0.4, 0.5) is 5.82 Å². The number of rotatable bonds is 10. The van der Waals surface area contributed by atoms with E-state index >= 15 is 0 Å². The van der Waals surface area contributed by atoms with Crippen molar-refractivity contribution >= 4 is 40.5 Å². The van der Waals surface area contributed by atoms with E-state index in [1.54, 1.807) is 30.3 Å². The van der Waals surface area contributed by atoms with Crippen molar-refractivity contribution in [1.29, 1.82) is 0 Å². The van der Waals surface area contributed by atoms with Crippen molar-refractivity contribution in [3.63, 3.8) is 0 Å². The Morgan fingerprint density at radius 3 is 2.60 bits per heavy atom. The molecule has 222 valence electrons. The summed E-state index contributed by atoms with van der Waals surface area (Å²) in [5, 5.41) is 51.9. The highest BCUT2D eigenvalue weighted by Crippen LogP contribution is 2.40. The molecular formula is C27H28ClN5O9. The predicted molar refractivity (Wildman–Crippen MR) is 146 cm³/mol. The van der Waals surface area contributed by atoms with E-state index < -0.39 is 54.6 Å². The number of aliphatic carboxylic acids is 2. The molecule has 5 atom stereocenters. The quantitative estimate of drug-likeness (QED) is 0.120. The van der Waals surface area contributed by atoms with E-state index in [4.69, 9.17) is 27.5 Å². The summed E-state index contributed by atoms with van der Waals surface area (Å²) in [5.41, 5.74) is -4.38. The first-order chi connectivity index (χ1) is 20.1. The van der Waals surface area contributed by atoms with Gasteiger partial charge in [-0.15, -0.1) is 6.42 Å². The van der Waals surface area contributed by atoms with Crippen molar-refractivity contribution < 1.29 is 44.6 Å². The van der Waals surface area contributed by atoms with E-state index in [1.807, 2.05) is 4.90 Å². The minimum absolute atomic E-state index is 0.108. The number of hydrogen-bond donors (Lipinski definition) is 5. The lowest BCUT2D eigenvalue weighted by molar-refractivity contribution is -0.191. The van der Waals surface area contributed by atoms with Gasteiger partial charge in [0.2, 0.25) is 5.28 Å². The fourth-order valence-corrected chi connectivity index (χ4v) is 5.56. The highest BCUT2D eigenvalue weighted by Gasteiger charge is 2.58. The van der Waals surface area contributed by atoms with Crippen LogP contribution in [0.5, 0.6) is 0 Å². The molecule has 2 aromatic heterocycles. The fourth-order valence-electron chi connectivity index (χ4n) is 5.40. The third kappa shape index (κ3) is 4.94. The molecule has 15 heteroatoms. The first kappa shape index (κ1) is 29.6. The Labute approximate surface area is 244 Å². The lowest BCUT2D eigenvalue weighted by Crippen LogP contribution is -2.55. The highest BCUT2D eigenvalue weighted by molar-refractivity contribution is 6.28. The minimum atomic E-state index is -2.75. The van der Waals surface area contributed by atoms with Crippen molar-refractivity contribution in [3.05, 3.63) is 47.5 Å². The van der Waals surface area contributed by atoms with Gasteiger partial charge in [0.1, 0.15) is 12.2 Å². The van der Waals surface area contributed by atoms with Gasteiger partial charge >= 0.3 is 11.9 Å². The van der Waals surface area contributed by atoms with Crippen molar-refractivity contribution in [1.82, 2.24) is 19.5 Å². The number of halogens is 1. The third-order valence-corrected chi connectivity index (χ3v) is 7.89. The summed E-state index contributed by atoms with van der Waals surface area (Å²) in [4.78, 5) is 39.2. The van der Waals surface area contributed by atoms with Gasteiger partial charge in [0.25, 0.3) is 5.60 Å². The van der Waals surface area contributed by atoms with Gasteiger partial charge in [0, 0.05) is 13.0 Å².